The van der Waals surface area contributed by atoms with Gasteiger partial charge in [-0.1, -0.05) is 36.4 Å². The molecule has 1 aliphatic heterocycles. The van der Waals surface area contributed by atoms with Crippen LogP contribution in [-0.4, -0.2) is 23.3 Å². The minimum atomic E-state index is -0.168. The van der Waals surface area contributed by atoms with E-state index in [1.54, 1.807) is 11.0 Å². The van der Waals surface area contributed by atoms with Crippen molar-refractivity contribution in [3.63, 3.8) is 0 Å². The number of aryl methyl sites for hydroxylation is 2. The number of para-hydroxylation sites is 1. The molecule has 0 aliphatic carbocycles. The second kappa shape index (κ2) is 5.64. The molecule has 2 amide bonds. The Bertz CT molecular complexity index is 732. The highest BCUT2D eigenvalue weighted by Crippen LogP contribution is 2.23. The fraction of sp³-hybridized carbons (Fsp3) is 0.222. The second-order valence-corrected chi connectivity index (χ2v) is 5.63. The van der Waals surface area contributed by atoms with Gasteiger partial charge in [-0.15, -0.1) is 0 Å². The van der Waals surface area contributed by atoms with Crippen molar-refractivity contribution in [3.8, 4) is 0 Å². The average Bonchev–Trinajstić information content (AvgIpc) is 2.80. The van der Waals surface area contributed by atoms with Crippen LogP contribution in [0.15, 0.2) is 42.5 Å². The third-order valence-electron chi connectivity index (χ3n) is 3.98. The van der Waals surface area contributed by atoms with E-state index in [0.717, 1.165) is 22.4 Å². The summed E-state index contributed by atoms with van der Waals surface area (Å²) < 4.78 is 0. The predicted molar refractivity (Wildman–Crippen MR) is 85.7 cm³/mol. The molecule has 0 atom stereocenters. The number of benzene rings is 2. The van der Waals surface area contributed by atoms with Crippen molar-refractivity contribution in [1.29, 1.82) is 0 Å². The summed E-state index contributed by atoms with van der Waals surface area (Å²) in [6.07, 6.45) is 0. The summed E-state index contributed by atoms with van der Waals surface area (Å²) in [7, 11) is 0. The van der Waals surface area contributed by atoms with E-state index in [4.69, 9.17) is 0 Å². The number of hydrogen-bond acceptors (Lipinski definition) is 2. The molecule has 1 aliphatic rings. The summed E-state index contributed by atoms with van der Waals surface area (Å²) in [5.41, 5.74) is 4.54. The molecule has 0 radical (unpaired) electrons. The zero-order chi connectivity index (χ0) is 15.7. The summed E-state index contributed by atoms with van der Waals surface area (Å²) in [4.78, 5) is 26.1. The van der Waals surface area contributed by atoms with Crippen LogP contribution in [-0.2, 0) is 11.3 Å². The number of fused-ring (bicyclic) bond motifs is 1. The fourth-order valence-corrected chi connectivity index (χ4v) is 2.81. The standard InChI is InChI=1S/C18H18N2O2/c1-12-6-5-7-13(2)17(12)19-16(21)11-20-10-14-8-3-4-9-15(14)18(20)22/h3-9H,10-11H2,1-2H3,(H,19,21). The second-order valence-electron chi connectivity index (χ2n) is 5.63. The van der Waals surface area contributed by atoms with Crippen LogP contribution in [0.25, 0.3) is 0 Å². The van der Waals surface area contributed by atoms with Crippen molar-refractivity contribution in [1.82, 2.24) is 4.90 Å². The van der Waals surface area contributed by atoms with Crippen molar-refractivity contribution < 1.29 is 9.59 Å². The van der Waals surface area contributed by atoms with E-state index in [1.165, 1.54) is 0 Å². The van der Waals surface area contributed by atoms with E-state index in [1.807, 2.05) is 50.2 Å². The number of nitrogens with one attached hydrogen (secondary N) is 1. The van der Waals surface area contributed by atoms with E-state index >= 15 is 0 Å². The number of carbonyl (C=O) groups is 2. The summed E-state index contributed by atoms with van der Waals surface area (Å²) in [6.45, 7) is 4.48. The zero-order valence-electron chi connectivity index (χ0n) is 12.7. The molecule has 4 heteroatoms. The first-order valence-electron chi connectivity index (χ1n) is 7.29. The molecule has 1 heterocycles. The minimum absolute atomic E-state index is 0.0707. The maximum atomic E-state index is 12.3. The summed E-state index contributed by atoms with van der Waals surface area (Å²) in [5, 5.41) is 2.92. The van der Waals surface area contributed by atoms with E-state index in [2.05, 4.69) is 5.32 Å². The van der Waals surface area contributed by atoms with E-state index in [0.29, 0.717) is 12.1 Å². The molecule has 0 fully saturated rings. The van der Waals surface area contributed by atoms with Gasteiger partial charge in [-0.05, 0) is 36.6 Å². The van der Waals surface area contributed by atoms with Gasteiger partial charge in [-0.25, -0.2) is 0 Å². The molecule has 0 bridgehead atoms. The Labute approximate surface area is 129 Å². The van der Waals surface area contributed by atoms with E-state index in [-0.39, 0.29) is 18.4 Å². The molecule has 2 aromatic rings. The highest BCUT2D eigenvalue weighted by atomic mass is 16.2. The molecular formula is C18H18N2O2. The maximum absolute atomic E-state index is 12.3. The Morgan fingerprint density at radius 1 is 1.09 bits per heavy atom. The fourth-order valence-electron chi connectivity index (χ4n) is 2.81. The van der Waals surface area contributed by atoms with Gasteiger partial charge in [0.25, 0.3) is 5.91 Å². The molecule has 0 unspecified atom stereocenters. The molecule has 0 saturated heterocycles. The molecule has 3 rings (SSSR count). The van der Waals surface area contributed by atoms with Crippen LogP contribution in [0.4, 0.5) is 5.69 Å². The van der Waals surface area contributed by atoms with Crippen molar-refractivity contribution in [2.75, 3.05) is 11.9 Å². The first-order chi connectivity index (χ1) is 10.6. The van der Waals surface area contributed by atoms with Gasteiger partial charge < -0.3 is 10.2 Å². The summed E-state index contributed by atoms with van der Waals surface area (Å²) in [6, 6.07) is 13.4. The molecular weight excluding hydrogens is 276 g/mol. The molecule has 0 saturated carbocycles. The van der Waals surface area contributed by atoms with Crippen LogP contribution in [0.3, 0.4) is 0 Å². The monoisotopic (exact) mass is 294 g/mol. The van der Waals surface area contributed by atoms with E-state index in [9.17, 15) is 9.59 Å². The van der Waals surface area contributed by atoms with E-state index < -0.39 is 0 Å². The normalized spacial score (nSPS) is 13.2. The zero-order valence-corrected chi connectivity index (χ0v) is 12.7. The number of carbonyl (C=O) groups excluding carboxylic acids is 2. The van der Waals surface area contributed by atoms with Crippen molar-refractivity contribution >= 4 is 17.5 Å². The topological polar surface area (TPSA) is 49.4 Å². The number of hydrogen-bond donors (Lipinski definition) is 1. The predicted octanol–water partition coefficient (Wildman–Crippen LogP) is 2.90. The molecule has 2 aromatic carbocycles. The van der Waals surface area contributed by atoms with Gasteiger partial charge in [0.05, 0.1) is 0 Å². The molecule has 4 nitrogen and oxygen atoms in total. The Hall–Kier alpha value is -2.62. The Balaban J connectivity index is 1.70. The Morgan fingerprint density at radius 3 is 2.45 bits per heavy atom. The van der Waals surface area contributed by atoms with Crippen LogP contribution in [0.2, 0.25) is 0 Å². The summed E-state index contributed by atoms with van der Waals surface area (Å²) in [5.74, 6) is -0.245. The molecule has 0 aromatic heterocycles. The first kappa shape index (κ1) is 14.3. The van der Waals surface area contributed by atoms with Gasteiger partial charge >= 0.3 is 0 Å². The maximum Gasteiger partial charge on any atom is 0.254 e. The number of amides is 2. The molecule has 0 spiro atoms. The lowest BCUT2D eigenvalue weighted by molar-refractivity contribution is -0.116. The lowest BCUT2D eigenvalue weighted by Gasteiger charge is -2.17. The van der Waals surface area contributed by atoms with Crippen molar-refractivity contribution in [2.45, 2.75) is 20.4 Å². The Kier molecular flexibility index (Phi) is 3.67. The van der Waals surface area contributed by atoms with Gasteiger partial charge in [0.1, 0.15) is 6.54 Å². The highest BCUT2D eigenvalue weighted by molar-refractivity contribution is 6.02. The molecule has 112 valence electrons. The van der Waals surface area contributed by atoms with Gasteiger partial charge in [0.15, 0.2) is 0 Å². The number of nitrogens with zero attached hydrogens (tertiary/aromatic N) is 1. The van der Waals surface area contributed by atoms with Gasteiger partial charge in [0, 0.05) is 17.8 Å². The Morgan fingerprint density at radius 2 is 1.77 bits per heavy atom. The quantitative estimate of drug-likeness (QED) is 0.946. The van der Waals surface area contributed by atoms with Gasteiger partial charge in [0.2, 0.25) is 5.91 Å². The molecule has 1 N–H and O–H groups in total. The average molecular weight is 294 g/mol. The van der Waals surface area contributed by atoms with Crippen LogP contribution >= 0.6 is 0 Å². The van der Waals surface area contributed by atoms with Crippen molar-refractivity contribution in [3.05, 3.63) is 64.7 Å². The lowest BCUT2D eigenvalue weighted by atomic mass is 10.1. The lowest BCUT2D eigenvalue weighted by Crippen LogP contribution is -2.33. The SMILES string of the molecule is Cc1cccc(C)c1NC(=O)CN1Cc2ccccc2C1=O. The minimum Gasteiger partial charge on any atom is -0.325 e. The number of rotatable bonds is 3. The largest absolute Gasteiger partial charge is 0.325 e. The van der Waals surface area contributed by atoms with Crippen LogP contribution in [0.1, 0.15) is 27.0 Å². The highest BCUT2D eigenvalue weighted by Gasteiger charge is 2.28. The third-order valence-corrected chi connectivity index (χ3v) is 3.98. The van der Waals surface area contributed by atoms with Crippen LogP contribution < -0.4 is 5.32 Å². The summed E-state index contributed by atoms with van der Waals surface area (Å²) >= 11 is 0. The first-order valence-corrected chi connectivity index (χ1v) is 7.29. The van der Waals surface area contributed by atoms with Crippen LogP contribution in [0.5, 0.6) is 0 Å². The molecule has 22 heavy (non-hydrogen) atoms. The third kappa shape index (κ3) is 2.60. The smallest absolute Gasteiger partial charge is 0.254 e. The number of anilines is 1. The van der Waals surface area contributed by atoms with Crippen molar-refractivity contribution in [2.24, 2.45) is 0 Å². The van der Waals surface area contributed by atoms with Crippen LogP contribution in [0, 0.1) is 13.8 Å². The van der Waals surface area contributed by atoms with Gasteiger partial charge in [-0.2, -0.15) is 0 Å². The van der Waals surface area contributed by atoms with Gasteiger partial charge in [-0.3, -0.25) is 9.59 Å².